The van der Waals surface area contributed by atoms with Gasteiger partial charge in [-0.15, -0.1) is 0 Å². The molecule has 1 aromatic carbocycles. The number of hydrogen-bond donors (Lipinski definition) is 1. The number of methoxy groups -OCH3 is 1. The molecule has 106 valence electrons. The number of benzene rings is 1. The molecule has 1 aliphatic carbocycles. The van der Waals surface area contributed by atoms with Crippen LogP contribution in [0.1, 0.15) is 43.7 Å². The van der Waals surface area contributed by atoms with Crippen LogP contribution in [0.5, 0.6) is 5.75 Å². The SMILES string of the molecule is CCc1cc(CC2CCCCC2NC)ccc1OC. The Labute approximate surface area is 117 Å². The van der Waals surface area contributed by atoms with Gasteiger partial charge in [0, 0.05) is 6.04 Å². The Kier molecular flexibility index (Phi) is 5.26. The van der Waals surface area contributed by atoms with Crippen molar-refractivity contribution < 1.29 is 4.74 Å². The minimum atomic E-state index is 0.695. The molecule has 2 unspecified atom stereocenters. The number of aryl methyl sites for hydroxylation is 1. The van der Waals surface area contributed by atoms with Crippen LogP contribution in [0.4, 0.5) is 0 Å². The van der Waals surface area contributed by atoms with Crippen molar-refractivity contribution in [2.45, 2.75) is 51.5 Å². The summed E-state index contributed by atoms with van der Waals surface area (Å²) in [5.74, 6) is 1.82. The second kappa shape index (κ2) is 6.95. The zero-order valence-corrected chi connectivity index (χ0v) is 12.5. The van der Waals surface area contributed by atoms with Crippen LogP contribution < -0.4 is 10.1 Å². The van der Waals surface area contributed by atoms with Crippen molar-refractivity contribution in [3.63, 3.8) is 0 Å². The van der Waals surface area contributed by atoms with Gasteiger partial charge in [0.05, 0.1) is 7.11 Å². The third-order valence-corrected chi connectivity index (χ3v) is 4.50. The molecule has 0 spiro atoms. The third-order valence-electron chi connectivity index (χ3n) is 4.50. The van der Waals surface area contributed by atoms with Gasteiger partial charge in [0.15, 0.2) is 0 Å². The van der Waals surface area contributed by atoms with Gasteiger partial charge in [-0.1, -0.05) is 31.9 Å². The van der Waals surface area contributed by atoms with E-state index in [1.165, 1.54) is 43.2 Å². The average Bonchev–Trinajstić information content (AvgIpc) is 2.47. The maximum Gasteiger partial charge on any atom is 0.122 e. The molecule has 19 heavy (non-hydrogen) atoms. The molecule has 0 aliphatic heterocycles. The van der Waals surface area contributed by atoms with Crippen molar-refractivity contribution in [3.8, 4) is 5.75 Å². The molecule has 1 N–H and O–H groups in total. The number of nitrogens with one attached hydrogen (secondary N) is 1. The largest absolute Gasteiger partial charge is 0.496 e. The van der Waals surface area contributed by atoms with Crippen LogP contribution in [0, 0.1) is 5.92 Å². The summed E-state index contributed by atoms with van der Waals surface area (Å²) in [7, 11) is 3.86. The van der Waals surface area contributed by atoms with Crippen molar-refractivity contribution in [2.24, 2.45) is 5.92 Å². The van der Waals surface area contributed by atoms with Crippen LogP contribution in [-0.2, 0) is 12.8 Å². The minimum absolute atomic E-state index is 0.695. The standard InChI is InChI=1S/C17H27NO/c1-4-14-11-13(9-10-17(14)19-3)12-15-7-5-6-8-16(15)18-2/h9-11,15-16,18H,4-8,12H2,1-3H3. The fraction of sp³-hybridized carbons (Fsp3) is 0.647. The van der Waals surface area contributed by atoms with Gasteiger partial charge < -0.3 is 10.1 Å². The summed E-state index contributed by atoms with van der Waals surface area (Å²) in [5, 5.41) is 3.50. The lowest BCUT2D eigenvalue weighted by atomic mass is 9.80. The van der Waals surface area contributed by atoms with Crippen LogP contribution in [0.25, 0.3) is 0 Å². The van der Waals surface area contributed by atoms with Gasteiger partial charge in [0.25, 0.3) is 0 Å². The molecule has 0 radical (unpaired) electrons. The summed E-state index contributed by atoms with van der Waals surface area (Å²) in [5.41, 5.74) is 2.79. The maximum absolute atomic E-state index is 5.41. The van der Waals surface area contributed by atoms with Gasteiger partial charge in [0.2, 0.25) is 0 Å². The van der Waals surface area contributed by atoms with E-state index in [1.54, 1.807) is 7.11 Å². The van der Waals surface area contributed by atoms with Crippen molar-refractivity contribution in [1.29, 1.82) is 0 Å². The highest BCUT2D eigenvalue weighted by atomic mass is 16.5. The van der Waals surface area contributed by atoms with E-state index in [0.717, 1.165) is 18.1 Å². The maximum atomic E-state index is 5.41. The Morgan fingerprint density at radius 2 is 2.05 bits per heavy atom. The lowest BCUT2D eigenvalue weighted by Gasteiger charge is -2.31. The molecular weight excluding hydrogens is 234 g/mol. The zero-order valence-electron chi connectivity index (χ0n) is 12.5. The second-order valence-electron chi connectivity index (χ2n) is 5.64. The van der Waals surface area contributed by atoms with Gasteiger partial charge in [-0.3, -0.25) is 0 Å². The quantitative estimate of drug-likeness (QED) is 0.874. The highest BCUT2D eigenvalue weighted by Crippen LogP contribution is 2.29. The molecule has 2 heteroatoms. The molecule has 0 amide bonds. The first-order valence-corrected chi connectivity index (χ1v) is 7.61. The van der Waals surface area contributed by atoms with E-state index in [1.807, 2.05) is 0 Å². The van der Waals surface area contributed by atoms with Crippen molar-refractivity contribution in [3.05, 3.63) is 29.3 Å². The lowest BCUT2D eigenvalue weighted by Crippen LogP contribution is -2.37. The van der Waals surface area contributed by atoms with Crippen molar-refractivity contribution in [1.82, 2.24) is 5.32 Å². The summed E-state index contributed by atoms with van der Waals surface area (Å²) in [6, 6.07) is 7.39. The normalized spacial score (nSPS) is 23.3. The third kappa shape index (κ3) is 3.50. The van der Waals surface area contributed by atoms with Crippen LogP contribution in [0.15, 0.2) is 18.2 Å². The predicted molar refractivity (Wildman–Crippen MR) is 80.9 cm³/mol. The number of ether oxygens (including phenoxy) is 1. The first-order chi connectivity index (χ1) is 9.28. The predicted octanol–water partition coefficient (Wildman–Crippen LogP) is 3.58. The fourth-order valence-corrected chi connectivity index (χ4v) is 3.37. The minimum Gasteiger partial charge on any atom is -0.496 e. The Balaban J connectivity index is 2.09. The summed E-state index contributed by atoms with van der Waals surface area (Å²) >= 11 is 0. The van der Waals surface area contributed by atoms with Crippen molar-refractivity contribution in [2.75, 3.05) is 14.2 Å². The summed E-state index contributed by atoms with van der Waals surface area (Å²) < 4.78 is 5.41. The second-order valence-corrected chi connectivity index (χ2v) is 5.64. The van der Waals surface area contributed by atoms with E-state index in [-0.39, 0.29) is 0 Å². The van der Waals surface area contributed by atoms with E-state index >= 15 is 0 Å². The molecule has 0 saturated heterocycles. The molecule has 2 nitrogen and oxygen atoms in total. The smallest absolute Gasteiger partial charge is 0.122 e. The summed E-state index contributed by atoms with van der Waals surface area (Å²) in [4.78, 5) is 0. The van der Waals surface area contributed by atoms with Crippen LogP contribution in [0.2, 0.25) is 0 Å². The first kappa shape index (κ1) is 14.4. The fourth-order valence-electron chi connectivity index (χ4n) is 3.37. The molecule has 2 atom stereocenters. The topological polar surface area (TPSA) is 21.3 Å². The van der Waals surface area contributed by atoms with E-state index in [2.05, 4.69) is 37.5 Å². The highest BCUT2D eigenvalue weighted by Gasteiger charge is 2.23. The van der Waals surface area contributed by atoms with E-state index in [0.29, 0.717) is 6.04 Å². The van der Waals surface area contributed by atoms with Gasteiger partial charge in [-0.2, -0.15) is 0 Å². The zero-order chi connectivity index (χ0) is 13.7. The molecule has 1 saturated carbocycles. The van der Waals surface area contributed by atoms with E-state index < -0.39 is 0 Å². The van der Waals surface area contributed by atoms with Crippen LogP contribution in [-0.4, -0.2) is 20.2 Å². The molecule has 2 rings (SSSR count). The van der Waals surface area contributed by atoms with Crippen LogP contribution in [0.3, 0.4) is 0 Å². The van der Waals surface area contributed by atoms with Gasteiger partial charge >= 0.3 is 0 Å². The van der Waals surface area contributed by atoms with Gasteiger partial charge in [-0.05, 0) is 55.8 Å². The number of rotatable bonds is 5. The Morgan fingerprint density at radius 1 is 1.26 bits per heavy atom. The van der Waals surface area contributed by atoms with E-state index in [4.69, 9.17) is 4.74 Å². The van der Waals surface area contributed by atoms with Gasteiger partial charge in [-0.25, -0.2) is 0 Å². The first-order valence-electron chi connectivity index (χ1n) is 7.61. The summed E-state index contributed by atoms with van der Waals surface area (Å²) in [6.07, 6.45) is 7.70. The molecule has 0 bridgehead atoms. The molecule has 0 heterocycles. The molecule has 0 aromatic heterocycles. The van der Waals surface area contributed by atoms with Crippen molar-refractivity contribution >= 4 is 0 Å². The highest BCUT2D eigenvalue weighted by molar-refractivity contribution is 5.37. The summed E-state index contributed by atoms with van der Waals surface area (Å²) in [6.45, 7) is 2.19. The van der Waals surface area contributed by atoms with Gasteiger partial charge in [0.1, 0.15) is 5.75 Å². The van der Waals surface area contributed by atoms with Crippen LogP contribution >= 0.6 is 0 Å². The monoisotopic (exact) mass is 261 g/mol. The lowest BCUT2D eigenvalue weighted by molar-refractivity contribution is 0.272. The average molecular weight is 261 g/mol. The Hall–Kier alpha value is -1.02. The molecular formula is C17H27NO. The Morgan fingerprint density at radius 3 is 2.74 bits per heavy atom. The Bertz CT molecular complexity index is 402. The van der Waals surface area contributed by atoms with E-state index in [9.17, 15) is 0 Å². The molecule has 1 fully saturated rings. The molecule has 1 aliphatic rings. The molecule has 1 aromatic rings. The number of hydrogen-bond acceptors (Lipinski definition) is 2.